The molecule has 1 aliphatic rings. The highest BCUT2D eigenvalue weighted by Gasteiger charge is 2.23. The number of amides is 2. The highest BCUT2D eigenvalue weighted by molar-refractivity contribution is 7.99. The second-order valence-corrected chi connectivity index (χ2v) is 7.11. The highest BCUT2D eigenvalue weighted by atomic mass is 32.2. The minimum atomic E-state index is -0.156. The largest absolute Gasteiger partial charge is 0.334 e. The lowest BCUT2D eigenvalue weighted by molar-refractivity contribution is 0.200. The number of carbonyl (C=O) groups is 1. The maximum absolute atomic E-state index is 14.0. The number of halogens is 1. The molecule has 0 radical (unpaired) electrons. The van der Waals surface area contributed by atoms with Crippen LogP contribution in [0.25, 0.3) is 0 Å². The van der Waals surface area contributed by atoms with Gasteiger partial charge >= 0.3 is 6.03 Å². The Morgan fingerprint density at radius 3 is 2.67 bits per heavy atom. The fourth-order valence-corrected chi connectivity index (χ4v) is 4.10. The second-order valence-electron chi connectivity index (χ2n) is 5.80. The topological polar surface area (TPSA) is 32.3 Å². The van der Waals surface area contributed by atoms with Crippen LogP contribution in [0.15, 0.2) is 54.6 Å². The van der Waals surface area contributed by atoms with Gasteiger partial charge in [-0.25, -0.2) is 9.18 Å². The van der Waals surface area contributed by atoms with Gasteiger partial charge in [0, 0.05) is 36.2 Å². The molecule has 3 nitrogen and oxygen atoms in total. The lowest BCUT2D eigenvalue weighted by Crippen LogP contribution is -2.40. The molecule has 1 heterocycles. The second kappa shape index (κ2) is 8.20. The first-order valence-electron chi connectivity index (χ1n) is 8.17. The maximum atomic E-state index is 14.0. The Morgan fingerprint density at radius 2 is 1.88 bits per heavy atom. The number of carbonyl (C=O) groups excluding carboxylic acids is 1. The van der Waals surface area contributed by atoms with E-state index >= 15 is 0 Å². The van der Waals surface area contributed by atoms with Crippen LogP contribution in [0.4, 0.5) is 9.18 Å². The molecule has 5 heteroatoms. The molecule has 0 aliphatic carbocycles. The standard InChI is InChI=1S/C19H21FN2OS/c20-17-9-5-4-8-16(17)18-10-11-22(12-13-24-18)19(23)21-14-15-6-2-1-3-7-15/h1-9,18H,10-14H2,(H,21,23). The van der Waals surface area contributed by atoms with Crippen molar-refractivity contribution < 1.29 is 9.18 Å². The number of hydrogen-bond acceptors (Lipinski definition) is 2. The van der Waals surface area contributed by atoms with E-state index in [0.29, 0.717) is 19.6 Å². The lowest BCUT2D eigenvalue weighted by Gasteiger charge is -2.21. The van der Waals surface area contributed by atoms with E-state index in [-0.39, 0.29) is 17.1 Å². The molecule has 0 aromatic heterocycles. The molecule has 3 rings (SSSR count). The molecule has 1 atom stereocenters. The van der Waals surface area contributed by atoms with Crippen LogP contribution >= 0.6 is 11.8 Å². The summed E-state index contributed by atoms with van der Waals surface area (Å²) in [5.74, 6) is 0.662. The van der Waals surface area contributed by atoms with Crippen molar-refractivity contribution in [2.75, 3.05) is 18.8 Å². The quantitative estimate of drug-likeness (QED) is 0.904. The van der Waals surface area contributed by atoms with Gasteiger partial charge in [-0.3, -0.25) is 0 Å². The van der Waals surface area contributed by atoms with Gasteiger partial charge in [-0.15, -0.1) is 0 Å². The maximum Gasteiger partial charge on any atom is 0.317 e. The minimum Gasteiger partial charge on any atom is -0.334 e. The van der Waals surface area contributed by atoms with Crippen molar-refractivity contribution in [2.24, 2.45) is 0 Å². The summed E-state index contributed by atoms with van der Waals surface area (Å²) in [6.45, 7) is 1.86. The van der Waals surface area contributed by atoms with Gasteiger partial charge in [0.25, 0.3) is 0 Å². The van der Waals surface area contributed by atoms with Crippen molar-refractivity contribution in [1.82, 2.24) is 10.2 Å². The predicted octanol–water partition coefficient (Wildman–Crippen LogP) is 4.22. The summed E-state index contributed by atoms with van der Waals surface area (Å²) in [6.07, 6.45) is 0.768. The molecule has 1 N–H and O–H groups in total. The highest BCUT2D eigenvalue weighted by Crippen LogP contribution is 2.35. The molecular weight excluding hydrogens is 323 g/mol. The summed E-state index contributed by atoms with van der Waals surface area (Å²) in [5, 5.41) is 3.08. The molecule has 1 fully saturated rings. The van der Waals surface area contributed by atoms with Gasteiger partial charge in [0.2, 0.25) is 0 Å². The SMILES string of the molecule is O=C(NCc1ccccc1)N1CCSC(c2ccccc2F)CC1. The zero-order valence-electron chi connectivity index (χ0n) is 13.5. The Kier molecular flexibility index (Phi) is 5.75. The third-order valence-electron chi connectivity index (χ3n) is 4.17. The van der Waals surface area contributed by atoms with E-state index in [1.165, 1.54) is 6.07 Å². The third-order valence-corrected chi connectivity index (χ3v) is 5.48. The average molecular weight is 344 g/mol. The van der Waals surface area contributed by atoms with Gasteiger partial charge in [0.15, 0.2) is 0 Å². The molecular formula is C19H21FN2OS. The number of nitrogens with one attached hydrogen (secondary N) is 1. The van der Waals surface area contributed by atoms with Crippen molar-refractivity contribution in [3.63, 3.8) is 0 Å². The molecule has 2 aromatic rings. The molecule has 1 unspecified atom stereocenters. The van der Waals surface area contributed by atoms with Crippen molar-refractivity contribution >= 4 is 17.8 Å². The summed E-state index contributed by atoms with van der Waals surface area (Å²) in [5.41, 5.74) is 1.83. The van der Waals surface area contributed by atoms with E-state index in [0.717, 1.165) is 23.3 Å². The molecule has 1 saturated heterocycles. The summed E-state index contributed by atoms with van der Waals surface area (Å²) in [6, 6.07) is 16.8. The van der Waals surface area contributed by atoms with Crippen LogP contribution in [0.3, 0.4) is 0 Å². The van der Waals surface area contributed by atoms with Crippen LogP contribution in [-0.4, -0.2) is 29.8 Å². The molecule has 0 spiro atoms. The van der Waals surface area contributed by atoms with Gasteiger partial charge in [0.1, 0.15) is 5.82 Å². The Morgan fingerprint density at radius 1 is 1.12 bits per heavy atom. The molecule has 2 aromatic carbocycles. The molecule has 0 bridgehead atoms. The van der Waals surface area contributed by atoms with Gasteiger partial charge in [0.05, 0.1) is 0 Å². The fourth-order valence-electron chi connectivity index (χ4n) is 2.84. The normalized spacial score (nSPS) is 18.0. The predicted molar refractivity (Wildman–Crippen MR) is 96.5 cm³/mol. The van der Waals surface area contributed by atoms with Gasteiger partial charge in [-0.2, -0.15) is 11.8 Å². The van der Waals surface area contributed by atoms with E-state index in [1.807, 2.05) is 47.4 Å². The van der Waals surface area contributed by atoms with Crippen molar-refractivity contribution in [3.05, 3.63) is 71.5 Å². The monoisotopic (exact) mass is 344 g/mol. The number of urea groups is 1. The number of hydrogen-bond donors (Lipinski definition) is 1. The van der Waals surface area contributed by atoms with E-state index in [4.69, 9.17) is 0 Å². The summed E-state index contributed by atoms with van der Waals surface area (Å²) < 4.78 is 14.0. The minimum absolute atomic E-state index is 0.0476. The zero-order chi connectivity index (χ0) is 16.8. The van der Waals surface area contributed by atoms with Gasteiger partial charge in [-0.1, -0.05) is 48.5 Å². The van der Waals surface area contributed by atoms with Crippen LogP contribution in [0.2, 0.25) is 0 Å². The van der Waals surface area contributed by atoms with Gasteiger partial charge in [-0.05, 0) is 18.1 Å². The van der Waals surface area contributed by atoms with Gasteiger partial charge < -0.3 is 10.2 Å². The van der Waals surface area contributed by atoms with Crippen LogP contribution in [0, 0.1) is 5.82 Å². The number of thioether (sulfide) groups is 1. The van der Waals surface area contributed by atoms with Crippen LogP contribution in [0.1, 0.15) is 22.8 Å². The number of rotatable bonds is 3. The Hall–Kier alpha value is -2.01. The Bertz CT molecular complexity index is 680. The summed E-state index contributed by atoms with van der Waals surface area (Å²) >= 11 is 1.73. The first kappa shape index (κ1) is 16.8. The van der Waals surface area contributed by atoms with Crippen LogP contribution in [0.5, 0.6) is 0 Å². The van der Waals surface area contributed by atoms with Crippen molar-refractivity contribution in [3.8, 4) is 0 Å². The smallest absolute Gasteiger partial charge is 0.317 e. The van der Waals surface area contributed by atoms with Crippen LogP contribution < -0.4 is 5.32 Å². The number of benzene rings is 2. The summed E-state index contributed by atoms with van der Waals surface area (Å²) in [7, 11) is 0. The molecule has 0 saturated carbocycles. The van der Waals surface area contributed by atoms with Crippen molar-refractivity contribution in [2.45, 2.75) is 18.2 Å². The zero-order valence-corrected chi connectivity index (χ0v) is 14.3. The van der Waals surface area contributed by atoms with E-state index in [9.17, 15) is 9.18 Å². The van der Waals surface area contributed by atoms with E-state index in [1.54, 1.807) is 17.8 Å². The molecule has 1 aliphatic heterocycles. The molecule has 2 amide bonds. The summed E-state index contributed by atoms with van der Waals surface area (Å²) in [4.78, 5) is 14.2. The van der Waals surface area contributed by atoms with E-state index in [2.05, 4.69) is 5.32 Å². The lowest BCUT2D eigenvalue weighted by atomic mass is 10.1. The first-order valence-corrected chi connectivity index (χ1v) is 9.21. The Balaban J connectivity index is 1.55. The third kappa shape index (κ3) is 4.29. The van der Waals surface area contributed by atoms with Crippen LogP contribution in [-0.2, 0) is 6.54 Å². The van der Waals surface area contributed by atoms with E-state index < -0.39 is 0 Å². The Labute approximate surface area is 146 Å². The number of nitrogens with zero attached hydrogens (tertiary/aromatic N) is 1. The first-order chi connectivity index (χ1) is 11.7. The molecule has 24 heavy (non-hydrogen) atoms. The molecule has 126 valence electrons. The average Bonchev–Trinajstić information content (AvgIpc) is 2.87. The fraction of sp³-hybridized carbons (Fsp3) is 0.316. The van der Waals surface area contributed by atoms with Crippen molar-refractivity contribution in [1.29, 1.82) is 0 Å².